The van der Waals surface area contributed by atoms with Gasteiger partial charge in [0.25, 0.3) is 5.91 Å². The minimum absolute atomic E-state index is 0.00808. The number of likely N-dealkylation sites (N-methyl/N-ethyl adjacent to an activating group) is 1. The number of fused-ring (bicyclic) bond motifs is 1. The maximum absolute atomic E-state index is 14.2. The molecule has 3 aromatic carbocycles. The van der Waals surface area contributed by atoms with Crippen molar-refractivity contribution in [1.29, 1.82) is 0 Å². The van der Waals surface area contributed by atoms with Gasteiger partial charge in [0.05, 0.1) is 40.0 Å². The molecule has 61 heavy (non-hydrogen) atoms. The zero-order valence-electron chi connectivity index (χ0n) is 34.2. The molecule has 0 radical (unpaired) electrons. The molecule has 1 aliphatic rings. The second-order valence-electron chi connectivity index (χ2n) is 14.9. The van der Waals surface area contributed by atoms with Gasteiger partial charge in [0.1, 0.15) is 11.6 Å². The second-order valence-corrected chi connectivity index (χ2v) is 16.4. The lowest BCUT2D eigenvalue weighted by molar-refractivity contribution is -0.147. The van der Waals surface area contributed by atoms with E-state index in [2.05, 4.69) is 34.5 Å². The fraction of sp³-hybridized carbons (Fsp3) is 0.356. The van der Waals surface area contributed by atoms with E-state index in [1.165, 1.54) is 34.5 Å². The fourth-order valence-corrected chi connectivity index (χ4v) is 8.73. The molecular formula is C45H48ClF3N6O5S. The van der Waals surface area contributed by atoms with Crippen LogP contribution in [0.5, 0.6) is 0 Å². The van der Waals surface area contributed by atoms with Gasteiger partial charge in [-0.25, -0.2) is 4.68 Å². The minimum atomic E-state index is -4.68. The van der Waals surface area contributed by atoms with Crippen LogP contribution in [0.25, 0.3) is 5.69 Å². The van der Waals surface area contributed by atoms with E-state index in [0.29, 0.717) is 55.3 Å². The highest BCUT2D eigenvalue weighted by Crippen LogP contribution is 2.38. The first kappa shape index (κ1) is 45.2. The molecule has 0 unspecified atom stereocenters. The van der Waals surface area contributed by atoms with Gasteiger partial charge in [0, 0.05) is 62.3 Å². The van der Waals surface area contributed by atoms with Gasteiger partial charge in [0.15, 0.2) is 5.78 Å². The molecule has 0 fully saturated rings. The smallest absolute Gasteiger partial charge is 0.417 e. The predicted octanol–water partition coefficient (Wildman–Crippen LogP) is 8.71. The van der Waals surface area contributed by atoms with E-state index in [4.69, 9.17) is 16.3 Å². The van der Waals surface area contributed by atoms with Crippen LogP contribution in [0, 0.1) is 0 Å². The van der Waals surface area contributed by atoms with Crippen LogP contribution >= 0.6 is 22.9 Å². The maximum Gasteiger partial charge on any atom is 0.417 e. The van der Waals surface area contributed by atoms with Gasteiger partial charge in [-0.3, -0.25) is 24.1 Å². The Morgan fingerprint density at radius 3 is 2.46 bits per heavy atom. The number of anilines is 1. The summed E-state index contributed by atoms with van der Waals surface area (Å²) in [6, 6.07) is 20.3. The monoisotopic (exact) mass is 876 g/mol. The molecule has 322 valence electrons. The van der Waals surface area contributed by atoms with E-state index in [-0.39, 0.29) is 42.6 Å². The lowest BCUT2D eigenvalue weighted by Gasteiger charge is -2.32. The van der Waals surface area contributed by atoms with Crippen LogP contribution < -0.4 is 10.6 Å². The molecule has 0 saturated carbocycles. The van der Waals surface area contributed by atoms with E-state index < -0.39 is 34.4 Å². The minimum Gasteiger partial charge on any atom is -0.461 e. The molecule has 6 rings (SSSR count). The average molecular weight is 877 g/mol. The van der Waals surface area contributed by atoms with Gasteiger partial charge in [-0.05, 0) is 72.8 Å². The molecule has 11 nitrogen and oxygen atoms in total. The first-order chi connectivity index (χ1) is 29.2. The van der Waals surface area contributed by atoms with Crippen molar-refractivity contribution in [2.24, 2.45) is 0 Å². The van der Waals surface area contributed by atoms with E-state index in [0.717, 1.165) is 46.5 Å². The molecule has 5 aromatic rings. The highest BCUT2D eigenvalue weighted by atomic mass is 35.5. The molecule has 3 heterocycles. The van der Waals surface area contributed by atoms with Crippen molar-refractivity contribution in [3.63, 3.8) is 0 Å². The van der Waals surface area contributed by atoms with Crippen molar-refractivity contribution < 1.29 is 37.1 Å². The van der Waals surface area contributed by atoms with Gasteiger partial charge in [-0.15, -0.1) is 11.3 Å². The Labute approximate surface area is 361 Å². The van der Waals surface area contributed by atoms with E-state index in [9.17, 15) is 32.3 Å². The first-order valence-electron chi connectivity index (χ1n) is 20.1. The summed E-state index contributed by atoms with van der Waals surface area (Å²) in [4.78, 5) is 58.2. The van der Waals surface area contributed by atoms with Gasteiger partial charge in [-0.2, -0.15) is 18.3 Å². The molecule has 0 bridgehead atoms. The average Bonchev–Trinajstić information content (AvgIpc) is 3.90. The topological polar surface area (TPSA) is 126 Å². The molecule has 2 N–H and O–H groups in total. The first-order valence-corrected chi connectivity index (χ1v) is 21.3. The quantitative estimate of drug-likeness (QED) is 0.0662. The summed E-state index contributed by atoms with van der Waals surface area (Å²) in [6.07, 6.45) is 0.335. The number of thiophene rings is 1. The van der Waals surface area contributed by atoms with Gasteiger partial charge < -0.3 is 20.3 Å². The second kappa shape index (κ2) is 20.5. The number of halogens is 4. The largest absolute Gasteiger partial charge is 0.461 e. The molecule has 2 aromatic heterocycles. The van der Waals surface area contributed by atoms with E-state index in [1.54, 1.807) is 18.0 Å². The summed E-state index contributed by atoms with van der Waals surface area (Å²) in [5.74, 6) is -1.39. The van der Waals surface area contributed by atoms with E-state index in [1.807, 2.05) is 48.5 Å². The summed E-state index contributed by atoms with van der Waals surface area (Å²) in [6.45, 7) is 7.07. The number of benzene rings is 3. The third-order valence-electron chi connectivity index (χ3n) is 10.7. The number of carbonyl (C=O) groups is 4. The number of hydrogen-bond acceptors (Lipinski definition) is 9. The molecule has 16 heteroatoms. The number of esters is 1. The number of alkyl halides is 3. The van der Waals surface area contributed by atoms with Crippen LogP contribution in [0.4, 0.5) is 18.2 Å². The van der Waals surface area contributed by atoms with Crippen molar-refractivity contribution in [3.05, 3.63) is 134 Å². The van der Waals surface area contributed by atoms with Crippen LogP contribution in [0.2, 0.25) is 5.02 Å². The van der Waals surface area contributed by atoms with Crippen molar-refractivity contribution in [3.8, 4) is 5.69 Å². The number of rotatable bonds is 18. The molecule has 1 aliphatic heterocycles. The predicted molar refractivity (Wildman–Crippen MR) is 229 cm³/mol. The zero-order chi connectivity index (χ0) is 43.7. The highest BCUT2D eigenvalue weighted by Gasteiger charge is 2.34. The Bertz CT molecular complexity index is 2350. The number of nitrogens with zero attached hydrogens (tertiary/aromatic N) is 4. The summed E-state index contributed by atoms with van der Waals surface area (Å²) in [7, 11) is 1.73. The van der Waals surface area contributed by atoms with Crippen LogP contribution in [0.15, 0.2) is 85.2 Å². The van der Waals surface area contributed by atoms with Crippen molar-refractivity contribution >= 4 is 51.5 Å². The Morgan fingerprint density at radius 2 is 1.72 bits per heavy atom. The SMILES string of the molecule is CCC(CC)N(CCN(C)C(=O)CCC(=O)OCc1ccccc1)Cc1cccc(C(=O)Nc2sc3c(c2C(=O)c2cnn(-c4ccc(Cl)c(C(F)(F)F)c4)c2)CCNC3)c1. The molecule has 0 aliphatic carbocycles. The number of carbonyl (C=O) groups excluding carboxylic acids is 4. The summed E-state index contributed by atoms with van der Waals surface area (Å²) >= 11 is 7.13. The highest BCUT2D eigenvalue weighted by molar-refractivity contribution is 7.17. The number of ether oxygens (including phenoxy) is 1. The van der Waals surface area contributed by atoms with Crippen LogP contribution in [-0.4, -0.2) is 75.9 Å². The Morgan fingerprint density at radius 1 is 0.967 bits per heavy atom. The summed E-state index contributed by atoms with van der Waals surface area (Å²) in [5.41, 5.74) is 2.52. The Hall–Kier alpha value is -5.35. The maximum atomic E-state index is 14.2. The molecular weight excluding hydrogens is 829 g/mol. The van der Waals surface area contributed by atoms with Gasteiger partial charge in [-0.1, -0.05) is 67.9 Å². The number of nitrogens with one attached hydrogen (secondary N) is 2. The van der Waals surface area contributed by atoms with Gasteiger partial charge >= 0.3 is 12.1 Å². The molecule has 0 saturated heterocycles. The number of hydrogen-bond donors (Lipinski definition) is 2. The van der Waals surface area contributed by atoms with Crippen LogP contribution in [0.3, 0.4) is 0 Å². The van der Waals surface area contributed by atoms with Crippen molar-refractivity contribution in [2.75, 3.05) is 32.0 Å². The lowest BCUT2D eigenvalue weighted by atomic mass is 9.98. The Balaban J connectivity index is 1.12. The van der Waals surface area contributed by atoms with Gasteiger partial charge in [0.2, 0.25) is 5.91 Å². The van der Waals surface area contributed by atoms with Crippen LogP contribution in [-0.2, 0) is 46.6 Å². The fourth-order valence-electron chi connectivity index (χ4n) is 7.29. The number of ketones is 1. The molecule has 0 spiro atoms. The lowest BCUT2D eigenvalue weighted by Crippen LogP contribution is -2.41. The standard InChI is InChI=1S/C45H48ClF3N6O5S/c1-4-33(5-2)54(21-20-53(3)39(56)16-17-40(57)60-28-29-10-7-6-8-11-29)26-30-12-9-13-31(22-30)43(59)52-44-41(35-18-19-50-25-38(35)61-44)42(58)32-24-51-55(27-32)34-14-15-37(46)36(23-34)45(47,48)49/h6-15,22-24,27,33,50H,4-5,16-21,25-26,28H2,1-3H3,(H,52,59). The summed E-state index contributed by atoms with van der Waals surface area (Å²) < 4.78 is 47.3. The zero-order valence-corrected chi connectivity index (χ0v) is 35.8. The van der Waals surface area contributed by atoms with Crippen molar-refractivity contribution in [2.45, 2.75) is 77.9 Å². The third kappa shape index (κ3) is 11.5. The van der Waals surface area contributed by atoms with Crippen LogP contribution in [0.1, 0.15) is 92.9 Å². The summed E-state index contributed by atoms with van der Waals surface area (Å²) in [5, 5.41) is 10.4. The molecule has 0 atom stereocenters. The van der Waals surface area contributed by atoms with Crippen molar-refractivity contribution in [1.82, 2.24) is 24.9 Å². The normalized spacial score (nSPS) is 12.7. The number of aromatic nitrogens is 2. The third-order valence-corrected chi connectivity index (χ3v) is 12.2. The van der Waals surface area contributed by atoms with E-state index >= 15 is 0 Å². The Kier molecular flexibility index (Phi) is 15.2. The number of amides is 2. The molecule has 2 amide bonds.